The average molecular weight is 248 g/mol. The molecule has 0 radical (unpaired) electrons. The summed E-state index contributed by atoms with van der Waals surface area (Å²) in [5.41, 5.74) is -0.0391. The van der Waals surface area contributed by atoms with Crippen molar-refractivity contribution in [2.45, 2.75) is 45.2 Å². The van der Waals surface area contributed by atoms with Crippen LogP contribution in [-0.2, 0) is 6.54 Å². The molecule has 3 rings (SSSR count). The molecule has 0 aliphatic heterocycles. The Morgan fingerprint density at radius 3 is 2.83 bits per heavy atom. The van der Waals surface area contributed by atoms with Gasteiger partial charge >= 0.3 is 5.69 Å². The van der Waals surface area contributed by atoms with Crippen molar-refractivity contribution in [2.75, 3.05) is 0 Å². The van der Waals surface area contributed by atoms with Crippen LogP contribution in [0.4, 0.5) is 0 Å². The van der Waals surface area contributed by atoms with Crippen molar-refractivity contribution in [3.8, 4) is 0 Å². The SMILES string of the molecule is CC(C)n1ccn(Cc2noc(C3CC3)n2)c1=O. The van der Waals surface area contributed by atoms with Gasteiger partial charge in [0.2, 0.25) is 5.89 Å². The molecular weight excluding hydrogens is 232 g/mol. The minimum Gasteiger partial charge on any atom is -0.339 e. The van der Waals surface area contributed by atoms with Crippen LogP contribution in [0, 0.1) is 0 Å². The molecule has 1 saturated carbocycles. The highest BCUT2D eigenvalue weighted by Crippen LogP contribution is 2.38. The van der Waals surface area contributed by atoms with Gasteiger partial charge in [-0.1, -0.05) is 5.16 Å². The molecule has 0 unspecified atom stereocenters. The van der Waals surface area contributed by atoms with Crippen LogP contribution in [0.25, 0.3) is 0 Å². The van der Waals surface area contributed by atoms with E-state index in [4.69, 9.17) is 4.52 Å². The Morgan fingerprint density at radius 2 is 2.22 bits per heavy atom. The van der Waals surface area contributed by atoms with E-state index in [1.807, 2.05) is 13.8 Å². The number of rotatable bonds is 4. The Balaban J connectivity index is 1.80. The largest absolute Gasteiger partial charge is 0.339 e. The van der Waals surface area contributed by atoms with Gasteiger partial charge in [0.1, 0.15) is 0 Å². The zero-order chi connectivity index (χ0) is 12.7. The van der Waals surface area contributed by atoms with Crippen molar-refractivity contribution >= 4 is 0 Å². The fourth-order valence-corrected chi connectivity index (χ4v) is 1.92. The maximum absolute atomic E-state index is 12.0. The fraction of sp³-hybridized carbons (Fsp3) is 0.583. The summed E-state index contributed by atoms with van der Waals surface area (Å²) in [6.45, 7) is 4.32. The van der Waals surface area contributed by atoms with Crippen LogP contribution >= 0.6 is 0 Å². The third kappa shape index (κ3) is 1.98. The number of aromatic nitrogens is 4. The van der Waals surface area contributed by atoms with E-state index in [9.17, 15) is 4.79 Å². The topological polar surface area (TPSA) is 65.8 Å². The highest BCUT2D eigenvalue weighted by molar-refractivity contribution is 5.02. The van der Waals surface area contributed by atoms with Crippen LogP contribution in [0.15, 0.2) is 21.7 Å². The lowest BCUT2D eigenvalue weighted by Gasteiger charge is -2.03. The predicted octanol–water partition coefficient (Wildman–Crippen LogP) is 1.54. The minimum atomic E-state index is -0.0391. The van der Waals surface area contributed by atoms with E-state index < -0.39 is 0 Å². The molecule has 0 saturated heterocycles. The molecule has 0 aromatic carbocycles. The molecule has 0 bridgehead atoms. The second-order valence-electron chi connectivity index (χ2n) is 5.03. The normalized spacial score (nSPS) is 15.5. The molecule has 96 valence electrons. The first-order chi connectivity index (χ1) is 8.65. The molecule has 2 heterocycles. The van der Waals surface area contributed by atoms with Gasteiger partial charge in [-0.25, -0.2) is 4.79 Å². The second-order valence-corrected chi connectivity index (χ2v) is 5.03. The minimum absolute atomic E-state index is 0.0391. The molecule has 0 amide bonds. The standard InChI is InChI=1S/C12H16N4O2/c1-8(2)16-6-5-15(12(16)17)7-10-13-11(18-14-10)9-3-4-9/h5-6,8-9H,3-4,7H2,1-2H3. The van der Waals surface area contributed by atoms with E-state index in [-0.39, 0.29) is 11.7 Å². The van der Waals surface area contributed by atoms with Gasteiger partial charge in [-0.05, 0) is 26.7 Å². The summed E-state index contributed by atoms with van der Waals surface area (Å²) in [5, 5.41) is 3.91. The first-order valence-electron chi connectivity index (χ1n) is 6.25. The molecule has 0 atom stereocenters. The molecule has 1 aliphatic rings. The van der Waals surface area contributed by atoms with Crippen molar-refractivity contribution in [1.82, 2.24) is 19.3 Å². The van der Waals surface area contributed by atoms with Crippen LogP contribution in [-0.4, -0.2) is 19.3 Å². The summed E-state index contributed by atoms with van der Waals surface area (Å²) >= 11 is 0. The first kappa shape index (κ1) is 11.3. The summed E-state index contributed by atoms with van der Waals surface area (Å²) in [4.78, 5) is 16.3. The molecule has 18 heavy (non-hydrogen) atoms. The first-order valence-corrected chi connectivity index (χ1v) is 6.25. The fourth-order valence-electron chi connectivity index (χ4n) is 1.92. The average Bonchev–Trinajstić information content (AvgIpc) is 2.97. The molecule has 6 heteroatoms. The summed E-state index contributed by atoms with van der Waals surface area (Å²) in [7, 11) is 0. The third-order valence-electron chi connectivity index (χ3n) is 3.15. The van der Waals surface area contributed by atoms with Gasteiger partial charge in [-0.3, -0.25) is 9.13 Å². The van der Waals surface area contributed by atoms with Crippen LogP contribution in [0.5, 0.6) is 0 Å². The lowest BCUT2D eigenvalue weighted by Crippen LogP contribution is -2.25. The van der Waals surface area contributed by atoms with Crippen LogP contribution < -0.4 is 5.69 Å². The molecule has 6 nitrogen and oxygen atoms in total. The molecule has 0 N–H and O–H groups in total. The monoisotopic (exact) mass is 248 g/mol. The van der Waals surface area contributed by atoms with Gasteiger partial charge in [-0.2, -0.15) is 4.98 Å². The Kier molecular flexibility index (Phi) is 2.57. The van der Waals surface area contributed by atoms with E-state index in [0.717, 1.165) is 12.8 Å². The van der Waals surface area contributed by atoms with Crippen molar-refractivity contribution in [3.63, 3.8) is 0 Å². The number of nitrogens with zero attached hydrogens (tertiary/aromatic N) is 4. The smallest absolute Gasteiger partial charge is 0.328 e. The van der Waals surface area contributed by atoms with Crippen molar-refractivity contribution in [1.29, 1.82) is 0 Å². The molecule has 1 fully saturated rings. The Hall–Kier alpha value is -1.85. The van der Waals surface area contributed by atoms with Gasteiger partial charge in [0, 0.05) is 24.4 Å². The molecule has 1 aliphatic carbocycles. The van der Waals surface area contributed by atoms with Crippen molar-refractivity contribution < 1.29 is 4.52 Å². The maximum Gasteiger partial charge on any atom is 0.328 e. The Morgan fingerprint density at radius 1 is 1.44 bits per heavy atom. The summed E-state index contributed by atoms with van der Waals surface area (Å²) in [6.07, 6.45) is 5.81. The van der Waals surface area contributed by atoms with E-state index in [1.54, 1.807) is 21.5 Å². The second kappa shape index (κ2) is 4.12. The van der Waals surface area contributed by atoms with E-state index in [1.165, 1.54) is 0 Å². The van der Waals surface area contributed by atoms with Gasteiger partial charge in [0.05, 0.1) is 6.54 Å². The lowest BCUT2D eigenvalue weighted by atomic mass is 10.4. The zero-order valence-electron chi connectivity index (χ0n) is 10.5. The van der Waals surface area contributed by atoms with Crippen LogP contribution in [0.3, 0.4) is 0 Å². The Labute approximate surface area is 104 Å². The molecule has 2 aromatic heterocycles. The summed E-state index contributed by atoms with van der Waals surface area (Å²) in [6, 6.07) is 0.158. The third-order valence-corrected chi connectivity index (χ3v) is 3.15. The van der Waals surface area contributed by atoms with E-state index >= 15 is 0 Å². The molecule has 2 aromatic rings. The van der Waals surface area contributed by atoms with E-state index in [0.29, 0.717) is 24.2 Å². The molecule has 0 spiro atoms. The predicted molar refractivity (Wildman–Crippen MR) is 64.5 cm³/mol. The summed E-state index contributed by atoms with van der Waals surface area (Å²) < 4.78 is 8.45. The van der Waals surface area contributed by atoms with E-state index in [2.05, 4.69) is 10.1 Å². The van der Waals surface area contributed by atoms with Gasteiger partial charge in [0.15, 0.2) is 5.82 Å². The summed E-state index contributed by atoms with van der Waals surface area (Å²) in [5.74, 6) is 1.73. The highest BCUT2D eigenvalue weighted by Gasteiger charge is 2.29. The Bertz CT molecular complexity index is 604. The lowest BCUT2D eigenvalue weighted by molar-refractivity contribution is 0.372. The number of hydrogen-bond acceptors (Lipinski definition) is 4. The van der Waals surface area contributed by atoms with Crippen LogP contribution in [0.2, 0.25) is 0 Å². The number of imidazole rings is 1. The maximum atomic E-state index is 12.0. The van der Waals surface area contributed by atoms with Crippen molar-refractivity contribution in [3.05, 3.63) is 34.6 Å². The quantitative estimate of drug-likeness (QED) is 0.823. The zero-order valence-corrected chi connectivity index (χ0v) is 10.5. The number of hydrogen-bond donors (Lipinski definition) is 0. The van der Waals surface area contributed by atoms with Gasteiger partial charge in [-0.15, -0.1) is 0 Å². The molecular formula is C12H16N4O2. The highest BCUT2D eigenvalue weighted by atomic mass is 16.5. The van der Waals surface area contributed by atoms with Crippen LogP contribution in [0.1, 0.15) is 50.4 Å². The van der Waals surface area contributed by atoms with Gasteiger partial charge in [0.25, 0.3) is 0 Å². The van der Waals surface area contributed by atoms with Gasteiger partial charge < -0.3 is 4.52 Å². The van der Waals surface area contributed by atoms with Crippen molar-refractivity contribution in [2.24, 2.45) is 0 Å².